The normalized spacial score (nSPS) is 45.6. The maximum atomic E-state index is 11.6. The average molecular weight is 206 g/mol. The van der Waals surface area contributed by atoms with Crippen LogP contribution in [0.2, 0.25) is 0 Å². The predicted octanol–water partition coefficient (Wildman–Crippen LogP) is 1.68. The second-order valence-corrected chi connectivity index (χ2v) is 4.83. The van der Waals surface area contributed by atoms with Gasteiger partial charge in [0.15, 0.2) is 0 Å². The predicted molar refractivity (Wildman–Crippen MR) is 52.7 cm³/mol. The Bertz CT molecular complexity index is 313. The van der Waals surface area contributed by atoms with Crippen molar-refractivity contribution in [2.24, 2.45) is 23.7 Å². The molecule has 3 nitrogen and oxygen atoms in total. The van der Waals surface area contributed by atoms with Crippen molar-refractivity contribution in [3.8, 4) is 0 Å². The van der Waals surface area contributed by atoms with Gasteiger partial charge in [-0.1, -0.05) is 12.2 Å². The zero-order valence-corrected chi connectivity index (χ0v) is 8.52. The molecule has 80 valence electrons. The Hall–Kier alpha value is -1.12. The molecule has 1 heterocycles. The molecule has 0 radical (unpaired) electrons. The molecule has 0 N–H and O–H groups in total. The van der Waals surface area contributed by atoms with Gasteiger partial charge in [0, 0.05) is 0 Å². The number of carbonyl (C=O) groups excluding carboxylic acids is 2. The molecule has 1 saturated carbocycles. The standard InChI is InChI=1S/C12H14O3/c13-11-9-7-3-1-2-4-8(6-5-7)10(9)12(14)15-11/h1-2,7-10H,3-6H2/b2-1-. The van der Waals surface area contributed by atoms with Crippen molar-refractivity contribution in [3.63, 3.8) is 0 Å². The summed E-state index contributed by atoms with van der Waals surface area (Å²) in [6.45, 7) is 0. The van der Waals surface area contributed by atoms with E-state index in [1.54, 1.807) is 0 Å². The summed E-state index contributed by atoms with van der Waals surface area (Å²) in [4.78, 5) is 23.2. The molecule has 0 aromatic heterocycles. The molecule has 0 amide bonds. The van der Waals surface area contributed by atoms with E-state index in [0.29, 0.717) is 11.8 Å². The minimum atomic E-state index is -0.269. The average Bonchev–Trinajstić information content (AvgIpc) is 2.43. The van der Waals surface area contributed by atoms with Crippen molar-refractivity contribution in [3.05, 3.63) is 12.2 Å². The van der Waals surface area contributed by atoms with Crippen molar-refractivity contribution in [1.29, 1.82) is 0 Å². The van der Waals surface area contributed by atoms with E-state index in [9.17, 15) is 9.59 Å². The summed E-state index contributed by atoms with van der Waals surface area (Å²) in [6, 6.07) is 0. The van der Waals surface area contributed by atoms with Gasteiger partial charge in [0.1, 0.15) is 0 Å². The summed E-state index contributed by atoms with van der Waals surface area (Å²) in [6.07, 6.45) is 8.30. The zero-order chi connectivity index (χ0) is 10.4. The molecule has 2 aliphatic carbocycles. The lowest BCUT2D eigenvalue weighted by atomic mass is 9.64. The van der Waals surface area contributed by atoms with Crippen molar-refractivity contribution < 1.29 is 14.3 Å². The summed E-state index contributed by atoms with van der Waals surface area (Å²) in [5.74, 6) is -0.143. The van der Waals surface area contributed by atoms with E-state index in [2.05, 4.69) is 12.2 Å². The summed E-state index contributed by atoms with van der Waals surface area (Å²) in [5.41, 5.74) is 0. The number of allylic oxidation sites excluding steroid dienone is 2. The van der Waals surface area contributed by atoms with Crippen LogP contribution in [0.4, 0.5) is 0 Å². The summed E-state index contributed by atoms with van der Waals surface area (Å²) in [5, 5.41) is 0. The molecule has 3 rings (SSSR count). The molecule has 0 aromatic rings. The Morgan fingerprint density at radius 3 is 1.87 bits per heavy atom. The van der Waals surface area contributed by atoms with E-state index in [-0.39, 0.29) is 23.8 Å². The fourth-order valence-corrected chi connectivity index (χ4v) is 3.36. The molecule has 0 aromatic carbocycles. The van der Waals surface area contributed by atoms with Gasteiger partial charge in [-0.05, 0) is 37.5 Å². The quantitative estimate of drug-likeness (QED) is 0.344. The van der Waals surface area contributed by atoms with Gasteiger partial charge in [-0.15, -0.1) is 0 Å². The number of carbonyl (C=O) groups is 2. The third-order valence-electron chi connectivity index (χ3n) is 4.10. The first-order chi connectivity index (χ1) is 7.27. The summed E-state index contributed by atoms with van der Waals surface area (Å²) < 4.78 is 4.79. The van der Waals surface area contributed by atoms with Gasteiger partial charge in [0.25, 0.3) is 0 Å². The van der Waals surface area contributed by atoms with Crippen LogP contribution in [-0.4, -0.2) is 11.9 Å². The van der Waals surface area contributed by atoms with Gasteiger partial charge in [-0.3, -0.25) is 9.59 Å². The highest BCUT2D eigenvalue weighted by Gasteiger charge is 2.53. The Labute approximate surface area is 88.5 Å². The zero-order valence-electron chi connectivity index (χ0n) is 8.52. The summed E-state index contributed by atoms with van der Waals surface area (Å²) >= 11 is 0. The lowest BCUT2D eigenvalue weighted by Crippen LogP contribution is -2.37. The van der Waals surface area contributed by atoms with Crippen LogP contribution in [0.3, 0.4) is 0 Å². The highest BCUT2D eigenvalue weighted by atomic mass is 16.6. The maximum absolute atomic E-state index is 11.6. The van der Waals surface area contributed by atoms with Crippen molar-refractivity contribution in [2.75, 3.05) is 0 Å². The second-order valence-electron chi connectivity index (χ2n) is 4.83. The fourth-order valence-electron chi connectivity index (χ4n) is 3.36. The van der Waals surface area contributed by atoms with E-state index in [1.807, 2.05) is 0 Å². The third-order valence-corrected chi connectivity index (χ3v) is 4.10. The third kappa shape index (κ3) is 1.25. The molecular weight excluding hydrogens is 192 g/mol. The van der Waals surface area contributed by atoms with Gasteiger partial charge in [-0.2, -0.15) is 0 Å². The van der Waals surface area contributed by atoms with Gasteiger partial charge in [0.05, 0.1) is 11.8 Å². The second kappa shape index (κ2) is 3.19. The smallest absolute Gasteiger partial charge is 0.317 e. The Balaban J connectivity index is 2.01. The molecule has 1 saturated heterocycles. The van der Waals surface area contributed by atoms with Crippen molar-refractivity contribution in [1.82, 2.24) is 0 Å². The van der Waals surface area contributed by atoms with Crippen LogP contribution in [0.5, 0.6) is 0 Å². The largest absolute Gasteiger partial charge is 0.393 e. The fraction of sp³-hybridized carbons (Fsp3) is 0.667. The molecule has 2 fully saturated rings. The van der Waals surface area contributed by atoms with E-state index < -0.39 is 0 Å². The van der Waals surface area contributed by atoms with E-state index in [0.717, 1.165) is 25.7 Å². The molecular formula is C12H14O3. The lowest BCUT2D eigenvalue weighted by molar-refractivity contribution is -0.154. The number of hydrogen-bond acceptors (Lipinski definition) is 3. The van der Waals surface area contributed by atoms with Crippen LogP contribution in [0, 0.1) is 23.7 Å². The Morgan fingerprint density at radius 1 is 0.933 bits per heavy atom. The number of esters is 2. The molecule has 1 aliphatic heterocycles. The van der Waals surface area contributed by atoms with E-state index in [1.165, 1.54) is 0 Å². The highest BCUT2D eigenvalue weighted by molar-refractivity contribution is 5.97. The van der Waals surface area contributed by atoms with Crippen LogP contribution in [0.1, 0.15) is 25.7 Å². The minimum absolute atomic E-state index is 0.138. The molecule has 4 unspecified atom stereocenters. The van der Waals surface area contributed by atoms with Crippen LogP contribution in [0.25, 0.3) is 0 Å². The lowest BCUT2D eigenvalue weighted by Gasteiger charge is -2.36. The Morgan fingerprint density at radius 2 is 1.40 bits per heavy atom. The molecule has 4 atom stereocenters. The van der Waals surface area contributed by atoms with Crippen LogP contribution < -0.4 is 0 Å². The summed E-state index contributed by atoms with van der Waals surface area (Å²) in [7, 11) is 0. The number of rotatable bonds is 0. The molecule has 3 aliphatic rings. The van der Waals surface area contributed by atoms with Crippen molar-refractivity contribution in [2.45, 2.75) is 25.7 Å². The molecule has 0 spiro atoms. The van der Waals surface area contributed by atoms with Gasteiger partial charge >= 0.3 is 11.9 Å². The van der Waals surface area contributed by atoms with Crippen LogP contribution in [-0.2, 0) is 14.3 Å². The van der Waals surface area contributed by atoms with Crippen LogP contribution in [0.15, 0.2) is 12.2 Å². The minimum Gasteiger partial charge on any atom is -0.393 e. The SMILES string of the molecule is O=C1OC(=O)C2C3C/C=C\CC(CC3)C12. The van der Waals surface area contributed by atoms with E-state index >= 15 is 0 Å². The Kier molecular flexibility index (Phi) is 1.94. The number of cyclic esters (lactones) is 2. The topological polar surface area (TPSA) is 43.4 Å². The first-order valence-electron chi connectivity index (χ1n) is 5.68. The molecule has 15 heavy (non-hydrogen) atoms. The maximum Gasteiger partial charge on any atom is 0.317 e. The first kappa shape index (κ1) is 9.13. The number of ether oxygens (including phenoxy) is 1. The van der Waals surface area contributed by atoms with Gasteiger partial charge in [0.2, 0.25) is 0 Å². The van der Waals surface area contributed by atoms with E-state index in [4.69, 9.17) is 4.74 Å². The molecule has 2 bridgehead atoms. The number of hydrogen-bond donors (Lipinski definition) is 0. The first-order valence-corrected chi connectivity index (χ1v) is 5.68. The van der Waals surface area contributed by atoms with Gasteiger partial charge < -0.3 is 4.74 Å². The van der Waals surface area contributed by atoms with Crippen LogP contribution >= 0.6 is 0 Å². The molecule has 3 heteroatoms. The van der Waals surface area contributed by atoms with Crippen molar-refractivity contribution >= 4 is 11.9 Å². The monoisotopic (exact) mass is 206 g/mol. The highest BCUT2D eigenvalue weighted by Crippen LogP contribution is 2.47. The van der Waals surface area contributed by atoms with Gasteiger partial charge in [-0.25, -0.2) is 0 Å².